The van der Waals surface area contributed by atoms with Crippen LogP contribution in [-0.4, -0.2) is 82.8 Å². The van der Waals surface area contributed by atoms with Gasteiger partial charge in [-0.1, -0.05) is 5.69 Å². The Labute approximate surface area is 216 Å². The summed E-state index contributed by atoms with van der Waals surface area (Å²) in [5.41, 5.74) is -0.107. The van der Waals surface area contributed by atoms with Gasteiger partial charge in [-0.25, -0.2) is 9.59 Å². The average molecular weight is 711 g/mol. The molecule has 3 rings (SSSR count). The van der Waals surface area contributed by atoms with Crippen LogP contribution < -0.4 is 9.80 Å². The van der Waals surface area contributed by atoms with Crippen LogP contribution in [-0.2, 0) is 23.8 Å². The largest absolute Gasteiger partial charge is 0.444 e. The van der Waals surface area contributed by atoms with Crippen LogP contribution in [0.4, 0.5) is 25.4 Å². The van der Waals surface area contributed by atoms with Gasteiger partial charge in [0.2, 0.25) is 0 Å². The van der Waals surface area contributed by atoms with Crippen molar-refractivity contribution in [3.63, 3.8) is 0 Å². The summed E-state index contributed by atoms with van der Waals surface area (Å²) < 4.78 is 52.2. The van der Waals surface area contributed by atoms with Crippen molar-refractivity contribution in [2.45, 2.75) is 32.5 Å². The zero-order valence-corrected chi connectivity index (χ0v) is 23.9. The van der Waals surface area contributed by atoms with E-state index < -0.39 is 39.8 Å². The Morgan fingerprint density at radius 3 is 2.45 bits per heavy atom. The van der Waals surface area contributed by atoms with E-state index in [9.17, 15) is 22.4 Å². The van der Waals surface area contributed by atoms with Crippen LogP contribution in [0.3, 0.4) is 0 Å². The van der Waals surface area contributed by atoms with Gasteiger partial charge in [-0.15, -0.1) is 6.07 Å². The molecule has 0 saturated carbocycles. The Hall–Kier alpha value is -1.55. The molecule has 10 nitrogen and oxygen atoms in total. The number of nitrogens with zero attached hydrogens (tertiary/aromatic N) is 3. The molecule has 2 aliphatic heterocycles. The molecular weight excluding hydrogens is 683 g/mol. The van der Waals surface area contributed by atoms with Gasteiger partial charge in [-0.3, -0.25) is 8.57 Å². The van der Waals surface area contributed by atoms with Gasteiger partial charge in [0.1, 0.15) is 18.3 Å². The quantitative estimate of drug-likeness (QED) is 0.338. The summed E-state index contributed by atoms with van der Waals surface area (Å²) in [6.07, 6.45) is -1.02. The number of rotatable bonds is 5. The average Bonchev–Trinajstić information content (AvgIpc) is 3.05. The van der Waals surface area contributed by atoms with Crippen LogP contribution in [0.1, 0.15) is 20.8 Å². The third kappa shape index (κ3) is 7.74. The van der Waals surface area contributed by atoms with Crippen molar-refractivity contribution < 1.29 is 67.2 Å². The maximum absolute atomic E-state index is 14.8. The zero-order valence-electron chi connectivity index (χ0n) is 19.0. The predicted octanol–water partition coefficient (Wildman–Crippen LogP) is 1.98. The van der Waals surface area contributed by atoms with Crippen LogP contribution in [0.2, 0.25) is 0 Å². The molecule has 2 saturated heterocycles. The van der Waals surface area contributed by atoms with Crippen molar-refractivity contribution >= 4 is 33.7 Å². The standard InChI is InChI=1S/C20H27FN3O7S.U/c1-20(2,3)31-18(25)23-9-7-22(8-10-23)17-6-5-14(11-16(17)21)24-12-15(30-19(24)26)13-29-32(4,27)28;/h5,11,15H,7-10,12-13H2,1-4H3;/q-1;/t15-;/m1./s1. The number of benzene rings is 1. The molecule has 2 aliphatic rings. The second-order valence-electron chi connectivity index (χ2n) is 8.61. The smallest absolute Gasteiger partial charge is 0.410 e. The Kier molecular flexibility index (Phi) is 9.06. The van der Waals surface area contributed by atoms with Gasteiger partial charge < -0.3 is 24.2 Å². The number of piperazine rings is 1. The first kappa shape index (κ1) is 27.7. The van der Waals surface area contributed by atoms with E-state index in [1.165, 1.54) is 17.0 Å². The van der Waals surface area contributed by atoms with E-state index in [1.807, 2.05) is 0 Å². The van der Waals surface area contributed by atoms with Crippen LogP contribution >= 0.6 is 0 Å². The van der Waals surface area contributed by atoms with Crippen molar-refractivity contribution in [3.05, 3.63) is 24.0 Å². The molecule has 1 aromatic rings. The summed E-state index contributed by atoms with van der Waals surface area (Å²) in [4.78, 5) is 28.8. The van der Waals surface area contributed by atoms with E-state index >= 15 is 0 Å². The molecule has 0 spiro atoms. The fraction of sp³-hybridized carbons (Fsp3) is 0.600. The molecule has 33 heavy (non-hydrogen) atoms. The molecule has 0 unspecified atom stereocenters. The number of amides is 2. The SMILES string of the molecule is CC(C)(C)OC(=O)N1CCN(c2[c-]cc(N3C[C@H](COS(C)(=O)=O)OC3=O)cc2F)CC1.[U]. The molecular formula is C20H27FN3O7SU-. The van der Waals surface area contributed by atoms with Crippen LogP contribution in [0, 0.1) is 43.0 Å². The summed E-state index contributed by atoms with van der Waals surface area (Å²) in [5, 5.41) is 0. The number of hydrogen-bond donors (Lipinski definition) is 0. The summed E-state index contributed by atoms with van der Waals surface area (Å²) in [6, 6.07) is 5.54. The Morgan fingerprint density at radius 1 is 1.27 bits per heavy atom. The third-order valence-corrected chi connectivity index (χ3v) is 5.32. The van der Waals surface area contributed by atoms with Gasteiger partial charge in [0.25, 0.3) is 10.1 Å². The number of cyclic esters (lactones) is 1. The molecule has 2 fully saturated rings. The first-order valence-corrected chi connectivity index (χ1v) is 11.9. The molecule has 2 heterocycles. The predicted molar refractivity (Wildman–Crippen MR) is 114 cm³/mol. The molecule has 182 valence electrons. The number of halogens is 1. The first-order chi connectivity index (χ1) is 14.8. The second-order valence-corrected chi connectivity index (χ2v) is 10.3. The zero-order chi connectivity index (χ0) is 23.7. The summed E-state index contributed by atoms with van der Waals surface area (Å²) in [5.74, 6) is -0.572. The van der Waals surface area contributed by atoms with Crippen LogP contribution in [0.25, 0.3) is 0 Å². The molecule has 1 atom stereocenters. The van der Waals surface area contributed by atoms with E-state index in [-0.39, 0.29) is 55.6 Å². The van der Waals surface area contributed by atoms with E-state index in [0.29, 0.717) is 26.2 Å². The molecule has 0 aromatic heterocycles. The summed E-state index contributed by atoms with van der Waals surface area (Å²) in [6.45, 7) is 6.67. The Bertz CT molecular complexity index is 978. The van der Waals surface area contributed by atoms with Gasteiger partial charge in [-0.05, 0) is 26.5 Å². The van der Waals surface area contributed by atoms with Crippen molar-refractivity contribution in [2.75, 3.05) is 55.4 Å². The van der Waals surface area contributed by atoms with Gasteiger partial charge in [-0.2, -0.15) is 20.6 Å². The van der Waals surface area contributed by atoms with Gasteiger partial charge >= 0.3 is 12.2 Å². The molecule has 1 aromatic carbocycles. The van der Waals surface area contributed by atoms with E-state index in [2.05, 4.69) is 10.2 Å². The molecule has 0 bridgehead atoms. The van der Waals surface area contributed by atoms with Gasteiger partial charge in [0, 0.05) is 63.1 Å². The maximum Gasteiger partial charge on any atom is 0.410 e. The number of carbonyl (C=O) groups is 2. The fourth-order valence-corrected chi connectivity index (χ4v) is 3.71. The number of carbonyl (C=O) groups excluding carboxylic acids is 2. The number of hydrogen-bond acceptors (Lipinski definition) is 8. The number of anilines is 2. The van der Waals surface area contributed by atoms with Crippen molar-refractivity contribution in [3.8, 4) is 0 Å². The Morgan fingerprint density at radius 2 is 1.91 bits per heavy atom. The molecule has 0 radical (unpaired) electrons. The summed E-state index contributed by atoms with van der Waals surface area (Å²) in [7, 11) is -3.67. The minimum atomic E-state index is -3.67. The van der Waals surface area contributed by atoms with Crippen molar-refractivity contribution in [1.82, 2.24) is 4.90 Å². The van der Waals surface area contributed by atoms with Crippen molar-refractivity contribution in [2.24, 2.45) is 0 Å². The first-order valence-electron chi connectivity index (χ1n) is 10.1. The van der Waals surface area contributed by atoms with E-state index in [0.717, 1.165) is 6.26 Å². The molecule has 0 N–H and O–H groups in total. The topological polar surface area (TPSA) is 106 Å². The minimum Gasteiger partial charge on any atom is -0.444 e. The van der Waals surface area contributed by atoms with Crippen LogP contribution in [0.5, 0.6) is 0 Å². The number of ether oxygens (including phenoxy) is 2. The van der Waals surface area contributed by atoms with Gasteiger partial charge in [0.15, 0.2) is 0 Å². The maximum atomic E-state index is 14.8. The Balaban J connectivity index is 0.00000385. The van der Waals surface area contributed by atoms with Gasteiger partial charge in [0.05, 0.1) is 12.8 Å². The fourth-order valence-electron chi connectivity index (χ4n) is 3.31. The molecule has 2 amide bonds. The second kappa shape index (κ2) is 10.8. The van der Waals surface area contributed by atoms with Crippen molar-refractivity contribution in [1.29, 1.82) is 0 Å². The van der Waals surface area contributed by atoms with E-state index in [4.69, 9.17) is 9.47 Å². The summed E-state index contributed by atoms with van der Waals surface area (Å²) >= 11 is 0. The normalized spacial score (nSPS) is 19.2. The minimum absolute atomic E-state index is 0. The van der Waals surface area contributed by atoms with Crippen LogP contribution in [0.15, 0.2) is 12.1 Å². The molecule has 0 aliphatic carbocycles. The third-order valence-electron chi connectivity index (χ3n) is 4.76. The van der Waals surface area contributed by atoms with E-state index in [1.54, 1.807) is 30.6 Å². The molecule has 13 heteroatoms. The monoisotopic (exact) mass is 710 g/mol.